The third kappa shape index (κ3) is 5.20. The maximum atomic E-state index is 14.7. The third-order valence-corrected chi connectivity index (χ3v) is 8.98. The Balaban J connectivity index is 1.42. The van der Waals surface area contributed by atoms with Gasteiger partial charge in [0.25, 0.3) is 10.0 Å². The third-order valence-electron chi connectivity index (χ3n) is 6.42. The van der Waals surface area contributed by atoms with E-state index >= 15 is 0 Å². The zero-order valence-corrected chi connectivity index (χ0v) is 21.9. The molecule has 12 heteroatoms. The van der Waals surface area contributed by atoms with Gasteiger partial charge >= 0.3 is 0 Å². The molecular formula is C26H26FN5O4S2. The number of halogens is 1. The minimum Gasteiger partial charge on any atom is -0.358 e. The second kappa shape index (κ2) is 10.3. The van der Waals surface area contributed by atoms with Gasteiger partial charge < -0.3 is 4.90 Å². The highest BCUT2D eigenvalue weighted by molar-refractivity contribution is 7.90. The standard InChI is InChI=1S/C26H26FN5O4S2/c27-24-8-2-1-7-23(24)26-13-19(17-32(26)38(35,36)22-6-3-11-29-16-22)15-30-18-31-12-4-5-20-9-10-21(14-25(20)31)37(28,33)34/h1-3,6-11,13-14,16-17,30H,4-5,12,15,18H2,(H2,28,33,34). The fourth-order valence-corrected chi connectivity index (χ4v) is 6.47. The molecule has 2 aromatic heterocycles. The van der Waals surface area contributed by atoms with Crippen LogP contribution in [0.4, 0.5) is 10.1 Å². The van der Waals surface area contributed by atoms with Crippen molar-refractivity contribution in [1.29, 1.82) is 0 Å². The van der Waals surface area contributed by atoms with Crippen LogP contribution in [-0.2, 0) is 33.0 Å². The number of anilines is 1. The second-order valence-corrected chi connectivity index (χ2v) is 12.4. The summed E-state index contributed by atoms with van der Waals surface area (Å²) in [4.78, 5) is 5.98. The van der Waals surface area contributed by atoms with Gasteiger partial charge in [-0.05, 0) is 66.4 Å². The van der Waals surface area contributed by atoms with Crippen molar-refractivity contribution in [1.82, 2.24) is 14.3 Å². The maximum absolute atomic E-state index is 14.7. The Morgan fingerprint density at radius 1 is 1.00 bits per heavy atom. The average Bonchev–Trinajstić information content (AvgIpc) is 3.33. The number of benzene rings is 2. The first kappa shape index (κ1) is 26.0. The quantitative estimate of drug-likeness (QED) is 0.342. The summed E-state index contributed by atoms with van der Waals surface area (Å²) >= 11 is 0. The minimum absolute atomic E-state index is 0.0108. The number of aromatic nitrogens is 2. The largest absolute Gasteiger partial charge is 0.358 e. The van der Waals surface area contributed by atoms with Gasteiger partial charge in [-0.25, -0.2) is 30.3 Å². The van der Waals surface area contributed by atoms with Gasteiger partial charge in [0.2, 0.25) is 10.0 Å². The van der Waals surface area contributed by atoms with Crippen molar-refractivity contribution < 1.29 is 21.2 Å². The molecule has 2 aromatic carbocycles. The normalized spacial score (nSPS) is 13.9. The van der Waals surface area contributed by atoms with E-state index in [4.69, 9.17) is 5.14 Å². The molecule has 3 N–H and O–H groups in total. The van der Waals surface area contributed by atoms with E-state index in [0.29, 0.717) is 18.8 Å². The highest BCUT2D eigenvalue weighted by Crippen LogP contribution is 2.30. The summed E-state index contributed by atoms with van der Waals surface area (Å²) in [5, 5.41) is 8.62. The molecule has 0 aliphatic carbocycles. The number of sulfonamides is 1. The van der Waals surface area contributed by atoms with Gasteiger partial charge in [-0.1, -0.05) is 18.2 Å². The van der Waals surface area contributed by atoms with E-state index in [0.717, 1.165) is 28.1 Å². The minimum atomic E-state index is -4.04. The predicted octanol–water partition coefficient (Wildman–Crippen LogP) is 3.07. The van der Waals surface area contributed by atoms with Crippen molar-refractivity contribution in [2.45, 2.75) is 29.2 Å². The maximum Gasteiger partial charge on any atom is 0.269 e. The molecule has 0 spiro atoms. The van der Waals surface area contributed by atoms with Crippen molar-refractivity contribution in [3.05, 3.63) is 96.2 Å². The number of fused-ring (bicyclic) bond motifs is 1. The molecule has 0 atom stereocenters. The molecule has 0 amide bonds. The molecule has 0 unspecified atom stereocenters. The Labute approximate surface area is 220 Å². The molecule has 1 aliphatic heterocycles. The highest BCUT2D eigenvalue weighted by Gasteiger charge is 2.24. The van der Waals surface area contributed by atoms with Crippen molar-refractivity contribution >= 4 is 25.7 Å². The van der Waals surface area contributed by atoms with E-state index in [9.17, 15) is 21.2 Å². The van der Waals surface area contributed by atoms with E-state index in [-0.39, 0.29) is 27.6 Å². The molecule has 198 valence electrons. The Hall–Kier alpha value is -3.58. The lowest BCUT2D eigenvalue weighted by molar-refractivity contribution is 0.586. The summed E-state index contributed by atoms with van der Waals surface area (Å²) in [5.74, 6) is -0.539. The first-order valence-electron chi connectivity index (χ1n) is 11.9. The van der Waals surface area contributed by atoms with Crippen LogP contribution in [0.1, 0.15) is 17.5 Å². The number of nitrogens with one attached hydrogen (secondary N) is 1. The molecule has 1 aliphatic rings. The molecular weight excluding hydrogens is 529 g/mol. The summed E-state index contributed by atoms with van der Waals surface area (Å²) in [6, 6.07) is 15.5. The van der Waals surface area contributed by atoms with E-state index in [1.807, 2.05) is 4.90 Å². The molecule has 38 heavy (non-hydrogen) atoms. The lowest BCUT2D eigenvalue weighted by Gasteiger charge is -2.31. The van der Waals surface area contributed by atoms with Crippen LogP contribution in [-0.4, -0.2) is 39.0 Å². The van der Waals surface area contributed by atoms with Crippen LogP contribution in [0.5, 0.6) is 0 Å². The number of rotatable bonds is 8. The van der Waals surface area contributed by atoms with Gasteiger partial charge in [-0.2, -0.15) is 0 Å². The molecule has 0 saturated carbocycles. The van der Waals surface area contributed by atoms with Crippen LogP contribution >= 0.6 is 0 Å². The summed E-state index contributed by atoms with van der Waals surface area (Å²) in [7, 11) is -7.87. The number of nitrogens with two attached hydrogens (primary N) is 1. The van der Waals surface area contributed by atoms with Crippen LogP contribution in [0.25, 0.3) is 11.3 Å². The first-order chi connectivity index (χ1) is 18.1. The van der Waals surface area contributed by atoms with Gasteiger partial charge in [-0.15, -0.1) is 0 Å². The lowest BCUT2D eigenvalue weighted by Crippen LogP contribution is -2.37. The number of hydrogen-bond acceptors (Lipinski definition) is 7. The summed E-state index contributed by atoms with van der Waals surface area (Å²) in [6.45, 7) is 1.39. The second-order valence-electron chi connectivity index (χ2n) is 8.99. The summed E-state index contributed by atoms with van der Waals surface area (Å²) in [5.41, 5.74) is 2.81. The number of nitrogens with zero attached hydrogens (tertiary/aromatic N) is 3. The predicted molar refractivity (Wildman–Crippen MR) is 142 cm³/mol. The van der Waals surface area contributed by atoms with Crippen molar-refractivity contribution in [2.24, 2.45) is 5.14 Å². The molecule has 3 heterocycles. The summed E-state index contributed by atoms with van der Waals surface area (Å²) in [6.07, 6.45) is 5.94. The van der Waals surface area contributed by atoms with Crippen LogP contribution in [0.2, 0.25) is 0 Å². The summed E-state index contributed by atoms with van der Waals surface area (Å²) < 4.78 is 66.4. The smallest absolute Gasteiger partial charge is 0.269 e. The Bertz CT molecular complexity index is 1690. The Kier molecular flexibility index (Phi) is 7.05. The van der Waals surface area contributed by atoms with Crippen LogP contribution < -0.4 is 15.4 Å². The molecule has 0 saturated heterocycles. The average molecular weight is 556 g/mol. The molecule has 0 fully saturated rings. The van der Waals surface area contributed by atoms with Crippen molar-refractivity contribution in [3.8, 4) is 11.3 Å². The lowest BCUT2D eigenvalue weighted by atomic mass is 10.0. The van der Waals surface area contributed by atoms with Gasteiger partial charge in [0.05, 0.1) is 17.3 Å². The van der Waals surface area contributed by atoms with Gasteiger partial charge in [0.15, 0.2) is 0 Å². The monoisotopic (exact) mass is 555 g/mol. The van der Waals surface area contributed by atoms with Crippen LogP contribution in [0.15, 0.2) is 89.0 Å². The number of aryl methyl sites for hydroxylation is 1. The van der Waals surface area contributed by atoms with E-state index in [1.165, 1.54) is 48.9 Å². The van der Waals surface area contributed by atoms with Gasteiger partial charge in [-0.3, -0.25) is 10.3 Å². The topological polar surface area (TPSA) is 127 Å². The fraction of sp³-hybridized carbons (Fsp3) is 0.192. The van der Waals surface area contributed by atoms with E-state index in [2.05, 4.69) is 10.3 Å². The first-order valence-corrected chi connectivity index (χ1v) is 14.9. The van der Waals surface area contributed by atoms with E-state index < -0.39 is 25.9 Å². The Morgan fingerprint density at radius 3 is 2.55 bits per heavy atom. The van der Waals surface area contributed by atoms with Crippen molar-refractivity contribution in [3.63, 3.8) is 0 Å². The zero-order valence-electron chi connectivity index (χ0n) is 20.3. The van der Waals surface area contributed by atoms with Crippen molar-refractivity contribution in [2.75, 3.05) is 18.1 Å². The SMILES string of the molecule is NS(=O)(=O)c1ccc2c(c1)N(CNCc1cc(-c3ccccc3F)n(S(=O)(=O)c3cccnc3)c1)CCC2. The number of pyridine rings is 1. The van der Waals surface area contributed by atoms with Crippen LogP contribution in [0, 0.1) is 5.82 Å². The molecule has 4 aromatic rings. The van der Waals surface area contributed by atoms with Gasteiger partial charge in [0.1, 0.15) is 10.7 Å². The Morgan fingerprint density at radius 2 is 1.82 bits per heavy atom. The number of hydrogen-bond donors (Lipinski definition) is 2. The van der Waals surface area contributed by atoms with Crippen LogP contribution in [0.3, 0.4) is 0 Å². The molecule has 9 nitrogen and oxygen atoms in total. The fourth-order valence-electron chi connectivity index (χ4n) is 4.58. The molecule has 0 bridgehead atoms. The highest BCUT2D eigenvalue weighted by atomic mass is 32.2. The zero-order chi connectivity index (χ0) is 26.9. The number of primary sulfonamides is 1. The molecule has 5 rings (SSSR count). The van der Waals surface area contributed by atoms with Gasteiger partial charge in [0, 0.05) is 42.9 Å². The van der Waals surface area contributed by atoms with E-state index in [1.54, 1.807) is 30.3 Å². The molecule has 0 radical (unpaired) electrons.